The molecule has 0 radical (unpaired) electrons. The summed E-state index contributed by atoms with van der Waals surface area (Å²) in [6, 6.07) is 7.44. The van der Waals surface area contributed by atoms with Crippen LogP contribution >= 0.6 is 23.2 Å². The van der Waals surface area contributed by atoms with Crippen molar-refractivity contribution in [2.75, 3.05) is 0 Å². The predicted octanol–water partition coefficient (Wildman–Crippen LogP) is 4.36. The van der Waals surface area contributed by atoms with Gasteiger partial charge < -0.3 is 0 Å². The maximum absolute atomic E-state index is 6.12. The quantitative estimate of drug-likeness (QED) is 0.719. The lowest BCUT2D eigenvalue weighted by Crippen LogP contribution is -1.85. The average Bonchev–Trinajstić information content (AvgIpc) is 2.20. The van der Waals surface area contributed by atoms with Crippen molar-refractivity contribution in [3.8, 4) is 11.1 Å². The molecule has 0 N–H and O–H groups in total. The molecule has 2 aromatic rings. The third kappa shape index (κ3) is 2.14. The molecule has 0 aliphatic rings. The molecular formula is C12H9Cl2N. The van der Waals surface area contributed by atoms with E-state index in [4.69, 9.17) is 23.2 Å². The normalized spacial score (nSPS) is 10.3. The average molecular weight is 238 g/mol. The smallest absolute Gasteiger partial charge is 0.0499 e. The first kappa shape index (κ1) is 10.5. The van der Waals surface area contributed by atoms with E-state index in [0.29, 0.717) is 10.0 Å². The number of benzene rings is 1. The lowest BCUT2D eigenvalue weighted by molar-refractivity contribution is 1.29. The van der Waals surface area contributed by atoms with Gasteiger partial charge >= 0.3 is 0 Å². The third-order valence-electron chi connectivity index (χ3n) is 2.26. The zero-order valence-electron chi connectivity index (χ0n) is 8.17. The first-order valence-electron chi connectivity index (χ1n) is 4.54. The summed E-state index contributed by atoms with van der Waals surface area (Å²) in [5, 5.41) is 1.30. The van der Waals surface area contributed by atoms with E-state index in [-0.39, 0.29) is 0 Å². The van der Waals surface area contributed by atoms with Gasteiger partial charge in [-0.05, 0) is 30.7 Å². The molecule has 0 saturated carbocycles. The summed E-state index contributed by atoms with van der Waals surface area (Å²) < 4.78 is 0. The predicted molar refractivity (Wildman–Crippen MR) is 64.4 cm³/mol. The van der Waals surface area contributed by atoms with Gasteiger partial charge in [0.15, 0.2) is 0 Å². The largest absolute Gasteiger partial charge is 0.264 e. The van der Waals surface area contributed by atoms with Gasteiger partial charge in [-0.25, -0.2) is 0 Å². The Hall–Kier alpha value is -1.05. The fraction of sp³-hybridized carbons (Fsp3) is 0.0833. The number of nitrogens with zero attached hydrogens (tertiary/aromatic N) is 1. The van der Waals surface area contributed by atoms with Crippen molar-refractivity contribution in [2.45, 2.75) is 6.92 Å². The molecule has 0 fully saturated rings. The molecule has 0 bridgehead atoms. The number of halogens is 2. The van der Waals surface area contributed by atoms with E-state index < -0.39 is 0 Å². The standard InChI is InChI=1S/C12H9Cl2N/c1-8-4-5-15-7-11(8)10-3-2-9(13)6-12(10)14/h2-7H,1H3. The molecule has 1 nitrogen and oxygen atoms in total. The van der Waals surface area contributed by atoms with Crippen LogP contribution in [0.4, 0.5) is 0 Å². The zero-order chi connectivity index (χ0) is 10.8. The van der Waals surface area contributed by atoms with Gasteiger partial charge in [-0.2, -0.15) is 0 Å². The van der Waals surface area contributed by atoms with Gasteiger partial charge in [-0.3, -0.25) is 4.98 Å². The van der Waals surface area contributed by atoms with Gasteiger partial charge in [0.05, 0.1) is 0 Å². The minimum absolute atomic E-state index is 0.644. The highest BCUT2D eigenvalue weighted by Crippen LogP contribution is 2.31. The Morgan fingerprint density at radius 3 is 2.53 bits per heavy atom. The Balaban J connectivity index is 2.60. The molecule has 0 amide bonds. The lowest BCUT2D eigenvalue weighted by atomic mass is 10.0. The minimum atomic E-state index is 0.644. The molecule has 1 aromatic carbocycles. The van der Waals surface area contributed by atoms with E-state index in [0.717, 1.165) is 16.7 Å². The number of hydrogen-bond acceptors (Lipinski definition) is 1. The monoisotopic (exact) mass is 237 g/mol. The molecule has 2 rings (SSSR count). The first-order valence-corrected chi connectivity index (χ1v) is 5.30. The number of aromatic nitrogens is 1. The van der Waals surface area contributed by atoms with Crippen LogP contribution in [0.25, 0.3) is 11.1 Å². The second-order valence-electron chi connectivity index (χ2n) is 3.31. The highest BCUT2D eigenvalue weighted by atomic mass is 35.5. The summed E-state index contributed by atoms with van der Waals surface area (Å²) in [7, 11) is 0. The molecule has 0 atom stereocenters. The van der Waals surface area contributed by atoms with Crippen LogP contribution in [0.1, 0.15) is 5.56 Å². The van der Waals surface area contributed by atoms with Gasteiger partial charge in [0, 0.05) is 33.6 Å². The topological polar surface area (TPSA) is 12.9 Å². The van der Waals surface area contributed by atoms with Gasteiger partial charge in [0.1, 0.15) is 0 Å². The number of rotatable bonds is 1. The zero-order valence-corrected chi connectivity index (χ0v) is 9.68. The second kappa shape index (κ2) is 4.21. The summed E-state index contributed by atoms with van der Waals surface area (Å²) in [5.41, 5.74) is 3.15. The molecule has 0 unspecified atom stereocenters. The summed E-state index contributed by atoms with van der Waals surface area (Å²) >= 11 is 12.0. The molecule has 76 valence electrons. The molecule has 0 aliphatic carbocycles. The Morgan fingerprint density at radius 1 is 1.07 bits per heavy atom. The van der Waals surface area contributed by atoms with E-state index in [1.165, 1.54) is 0 Å². The molecule has 0 spiro atoms. The van der Waals surface area contributed by atoms with Crippen molar-refractivity contribution in [1.82, 2.24) is 4.98 Å². The van der Waals surface area contributed by atoms with E-state index >= 15 is 0 Å². The number of pyridine rings is 1. The molecular weight excluding hydrogens is 229 g/mol. The fourth-order valence-electron chi connectivity index (χ4n) is 1.45. The molecule has 15 heavy (non-hydrogen) atoms. The van der Waals surface area contributed by atoms with Gasteiger partial charge in [-0.1, -0.05) is 29.3 Å². The van der Waals surface area contributed by atoms with E-state index in [9.17, 15) is 0 Å². The second-order valence-corrected chi connectivity index (χ2v) is 4.16. The van der Waals surface area contributed by atoms with Crippen LogP contribution in [0.5, 0.6) is 0 Å². The third-order valence-corrected chi connectivity index (χ3v) is 2.81. The van der Waals surface area contributed by atoms with Gasteiger partial charge in [0.2, 0.25) is 0 Å². The maximum Gasteiger partial charge on any atom is 0.0499 e. The van der Waals surface area contributed by atoms with Crippen LogP contribution in [0.15, 0.2) is 36.7 Å². The van der Waals surface area contributed by atoms with Crippen molar-refractivity contribution >= 4 is 23.2 Å². The van der Waals surface area contributed by atoms with Crippen LogP contribution in [0.2, 0.25) is 10.0 Å². The van der Waals surface area contributed by atoms with Crippen LogP contribution in [-0.4, -0.2) is 4.98 Å². The molecule has 1 aromatic heterocycles. The van der Waals surface area contributed by atoms with Crippen LogP contribution in [0, 0.1) is 6.92 Å². The maximum atomic E-state index is 6.12. The Kier molecular flexibility index (Phi) is 2.94. The summed E-state index contributed by atoms with van der Waals surface area (Å²) in [5.74, 6) is 0. The van der Waals surface area contributed by atoms with Crippen LogP contribution < -0.4 is 0 Å². The first-order chi connectivity index (χ1) is 7.18. The van der Waals surface area contributed by atoms with Crippen LogP contribution in [-0.2, 0) is 0 Å². The fourth-order valence-corrected chi connectivity index (χ4v) is 1.96. The molecule has 3 heteroatoms. The van der Waals surface area contributed by atoms with Gasteiger partial charge in [-0.15, -0.1) is 0 Å². The minimum Gasteiger partial charge on any atom is -0.264 e. The van der Waals surface area contributed by atoms with E-state index in [2.05, 4.69) is 4.98 Å². The Labute approximate surface area is 98.7 Å². The van der Waals surface area contributed by atoms with Gasteiger partial charge in [0.25, 0.3) is 0 Å². The summed E-state index contributed by atoms with van der Waals surface area (Å²) in [6.45, 7) is 2.03. The number of aryl methyl sites for hydroxylation is 1. The van der Waals surface area contributed by atoms with Crippen molar-refractivity contribution < 1.29 is 0 Å². The lowest BCUT2D eigenvalue weighted by Gasteiger charge is -2.07. The molecule has 0 aliphatic heterocycles. The van der Waals surface area contributed by atoms with E-state index in [1.807, 2.05) is 31.3 Å². The summed E-state index contributed by atoms with van der Waals surface area (Å²) in [6.07, 6.45) is 3.58. The highest BCUT2D eigenvalue weighted by Gasteiger charge is 2.06. The molecule has 0 saturated heterocycles. The van der Waals surface area contributed by atoms with Crippen molar-refractivity contribution in [3.05, 3.63) is 52.3 Å². The summed E-state index contributed by atoms with van der Waals surface area (Å²) in [4.78, 5) is 4.09. The molecule has 1 heterocycles. The highest BCUT2D eigenvalue weighted by molar-refractivity contribution is 6.36. The van der Waals surface area contributed by atoms with Crippen LogP contribution in [0.3, 0.4) is 0 Å². The SMILES string of the molecule is Cc1ccncc1-c1ccc(Cl)cc1Cl. The Bertz CT molecular complexity index is 495. The number of hydrogen-bond donors (Lipinski definition) is 0. The van der Waals surface area contributed by atoms with Crippen molar-refractivity contribution in [2.24, 2.45) is 0 Å². The van der Waals surface area contributed by atoms with E-state index in [1.54, 1.807) is 12.3 Å². The van der Waals surface area contributed by atoms with Crippen molar-refractivity contribution in [1.29, 1.82) is 0 Å². The van der Waals surface area contributed by atoms with Crippen molar-refractivity contribution in [3.63, 3.8) is 0 Å². The Morgan fingerprint density at radius 2 is 1.87 bits per heavy atom.